The third kappa shape index (κ3) is 3.03. The zero-order valence-corrected chi connectivity index (χ0v) is 18.0. The van der Waals surface area contributed by atoms with Gasteiger partial charge in [0.2, 0.25) is 0 Å². The first kappa shape index (κ1) is 20.3. The number of benzene rings is 4. The second-order valence-electron chi connectivity index (χ2n) is 8.35. The molecule has 1 spiro atoms. The molecule has 6 heteroatoms. The van der Waals surface area contributed by atoms with E-state index >= 15 is 0 Å². The van der Waals surface area contributed by atoms with Crippen molar-refractivity contribution < 1.29 is 29.2 Å². The van der Waals surface area contributed by atoms with Crippen molar-refractivity contribution in [2.24, 2.45) is 0 Å². The van der Waals surface area contributed by atoms with Crippen LogP contribution in [0.3, 0.4) is 0 Å². The predicted molar refractivity (Wildman–Crippen MR) is 123 cm³/mol. The first-order chi connectivity index (χ1) is 16.6. The van der Waals surface area contributed by atoms with Gasteiger partial charge < -0.3 is 24.4 Å². The van der Waals surface area contributed by atoms with Crippen LogP contribution in [0.5, 0.6) is 23.0 Å². The highest BCUT2D eigenvalue weighted by Gasteiger charge is 2.54. The summed E-state index contributed by atoms with van der Waals surface area (Å²) in [5.41, 5.74) is 2.81. The standard InChI is InChI=1S/C28H20O6/c29-19-9-11-21-24(13-19)33-25-14-20(30)10-12-22(25)28(21)23-8-4-7-18(26(23)27(31)34-28)16-32-15-17-5-2-1-3-6-17/h1-14,29-30H,15-16H2. The summed E-state index contributed by atoms with van der Waals surface area (Å²) in [7, 11) is 0. The van der Waals surface area contributed by atoms with E-state index in [9.17, 15) is 15.0 Å². The van der Waals surface area contributed by atoms with E-state index in [1.54, 1.807) is 12.1 Å². The number of hydrogen-bond donors (Lipinski definition) is 2. The van der Waals surface area contributed by atoms with Crippen molar-refractivity contribution in [3.63, 3.8) is 0 Å². The molecule has 0 amide bonds. The summed E-state index contributed by atoms with van der Waals surface area (Å²) >= 11 is 0. The number of rotatable bonds is 4. The number of phenolic OH excluding ortho intramolecular Hbond substituents is 2. The number of hydrogen-bond acceptors (Lipinski definition) is 6. The Bertz CT molecular complexity index is 1380. The van der Waals surface area contributed by atoms with E-state index in [2.05, 4.69) is 0 Å². The third-order valence-electron chi connectivity index (χ3n) is 6.26. The number of phenols is 2. The van der Waals surface area contributed by atoms with Gasteiger partial charge in [0.1, 0.15) is 23.0 Å². The molecule has 2 aliphatic rings. The van der Waals surface area contributed by atoms with E-state index in [1.807, 2.05) is 48.5 Å². The van der Waals surface area contributed by atoms with Crippen LogP contribution in [0.15, 0.2) is 84.9 Å². The van der Waals surface area contributed by atoms with Crippen LogP contribution >= 0.6 is 0 Å². The van der Waals surface area contributed by atoms with Gasteiger partial charge in [0.15, 0.2) is 5.60 Å². The van der Waals surface area contributed by atoms with Gasteiger partial charge in [0, 0.05) is 28.8 Å². The maximum Gasteiger partial charge on any atom is 0.340 e. The summed E-state index contributed by atoms with van der Waals surface area (Å²) in [6, 6.07) is 24.8. The molecular formula is C28H20O6. The Morgan fingerprint density at radius 2 is 1.41 bits per heavy atom. The van der Waals surface area contributed by atoms with Gasteiger partial charge in [-0.3, -0.25) is 0 Å². The second kappa shape index (κ2) is 7.64. The Morgan fingerprint density at radius 3 is 2.09 bits per heavy atom. The Hall–Kier alpha value is -4.29. The van der Waals surface area contributed by atoms with Crippen LogP contribution in [0.25, 0.3) is 0 Å². The van der Waals surface area contributed by atoms with Crippen LogP contribution in [0.2, 0.25) is 0 Å². The van der Waals surface area contributed by atoms with Gasteiger partial charge >= 0.3 is 5.97 Å². The first-order valence-corrected chi connectivity index (χ1v) is 10.9. The summed E-state index contributed by atoms with van der Waals surface area (Å²) in [5, 5.41) is 20.1. The molecule has 168 valence electrons. The summed E-state index contributed by atoms with van der Waals surface area (Å²) in [6.07, 6.45) is 0. The lowest BCUT2D eigenvalue weighted by Crippen LogP contribution is -2.32. The summed E-state index contributed by atoms with van der Waals surface area (Å²) in [4.78, 5) is 13.3. The highest BCUT2D eigenvalue weighted by atomic mass is 16.6. The summed E-state index contributed by atoms with van der Waals surface area (Å²) in [6.45, 7) is 0.660. The number of aromatic hydroxyl groups is 2. The fourth-order valence-corrected chi connectivity index (χ4v) is 4.79. The quantitative estimate of drug-likeness (QED) is 0.404. The maximum atomic E-state index is 13.3. The van der Waals surface area contributed by atoms with Crippen LogP contribution in [0.1, 0.15) is 38.2 Å². The van der Waals surface area contributed by atoms with Gasteiger partial charge in [-0.25, -0.2) is 4.79 Å². The lowest BCUT2D eigenvalue weighted by molar-refractivity contribution is 0.0221. The van der Waals surface area contributed by atoms with E-state index in [0.29, 0.717) is 40.4 Å². The van der Waals surface area contributed by atoms with Gasteiger partial charge in [-0.1, -0.05) is 48.5 Å². The van der Waals surface area contributed by atoms with Gasteiger partial charge in [0.25, 0.3) is 0 Å². The lowest BCUT2D eigenvalue weighted by atomic mass is 9.77. The van der Waals surface area contributed by atoms with Crippen LogP contribution in [0.4, 0.5) is 0 Å². The van der Waals surface area contributed by atoms with Crippen molar-refractivity contribution in [1.82, 2.24) is 0 Å². The molecule has 0 unspecified atom stereocenters. The van der Waals surface area contributed by atoms with Gasteiger partial charge in [0.05, 0.1) is 18.8 Å². The molecule has 0 radical (unpaired) electrons. The Kier molecular flexibility index (Phi) is 4.57. The van der Waals surface area contributed by atoms with Crippen molar-refractivity contribution in [2.45, 2.75) is 18.8 Å². The molecule has 2 aliphatic heterocycles. The third-order valence-corrected chi connectivity index (χ3v) is 6.26. The molecule has 4 aromatic rings. The maximum absolute atomic E-state index is 13.3. The minimum atomic E-state index is -1.27. The van der Waals surface area contributed by atoms with E-state index in [0.717, 1.165) is 11.1 Å². The Morgan fingerprint density at radius 1 is 0.735 bits per heavy atom. The molecule has 0 saturated heterocycles. The number of ether oxygens (including phenoxy) is 3. The lowest BCUT2D eigenvalue weighted by Gasteiger charge is -2.36. The molecule has 2 N–H and O–H groups in total. The summed E-state index contributed by atoms with van der Waals surface area (Å²) < 4.78 is 18.1. The number of carbonyl (C=O) groups is 1. The molecule has 4 aromatic carbocycles. The fraction of sp³-hybridized carbons (Fsp3) is 0.107. The largest absolute Gasteiger partial charge is 0.508 e. The zero-order valence-electron chi connectivity index (χ0n) is 18.0. The number of esters is 1. The average Bonchev–Trinajstić information content (AvgIpc) is 3.13. The predicted octanol–water partition coefficient (Wildman–Crippen LogP) is 5.38. The Labute approximate surface area is 195 Å². The van der Waals surface area contributed by atoms with Crippen molar-refractivity contribution in [2.75, 3.05) is 0 Å². The molecule has 6 rings (SSSR count). The highest BCUT2D eigenvalue weighted by molar-refractivity contribution is 5.98. The smallest absolute Gasteiger partial charge is 0.340 e. The van der Waals surface area contributed by atoms with Crippen LogP contribution < -0.4 is 4.74 Å². The molecular weight excluding hydrogens is 432 g/mol. The zero-order chi connectivity index (χ0) is 23.3. The van der Waals surface area contributed by atoms with Crippen LogP contribution in [0, 0.1) is 0 Å². The molecule has 0 bridgehead atoms. The van der Waals surface area contributed by atoms with Gasteiger partial charge in [-0.2, -0.15) is 0 Å². The van der Waals surface area contributed by atoms with Gasteiger partial charge in [-0.15, -0.1) is 0 Å². The molecule has 0 fully saturated rings. The van der Waals surface area contributed by atoms with Crippen molar-refractivity contribution in [3.8, 4) is 23.0 Å². The molecule has 6 nitrogen and oxygen atoms in total. The summed E-state index contributed by atoms with van der Waals surface area (Å²) in [5.74, 6) is 0.276. The SMILES string of the molecule is O=C1OC2(c3ccc(O)cc3Oc3cc(O)ccc32)c2cccc(COCc3ccccc3)c21. The fourth-order valence-electron chi connectivity index (χ4n) is 4.79. The van der Waals surface area contributed by atoms with E-state index < -0.39 is 11.6 Å². The van der Waals surface area contributed by atoms with E-state index in [-0.39, 0.29) is 18.1 Å². The molecule has 0 aliphatic carbocycles. The van der Waals surface area contributed by atoms with Crippen molar-refractivity contribution >= 4 is 5.97 Å². The molecule has 0 atom stereocenters. The van der Waals surface area contributed by atoms with E-state index in [1.165, 1.54) is 24.3 Å². The van der Waals surface area contributed by atoms with Crippen molar-refractivity contribution in [1.29, 1.82) is 0 Å². The topological polar surface area (TPSA) is 85.2 Å². The van der Waals surface area contributed by atoms with Crippen LogP contribution in [-0.4, -0.2) is 16.2 Å². The Balaban J connectivity index is 1.47. The molecule has 2 heterocycles. The highest BCUT2D eigenvalue weighted by Crippen LogP contribution is 2.57. The molecule has 0 saturated carbocycles. The van der Waals surface area contributed by atoms with E-state index in [4.69, 9.17) is 14.2 Å². The first-order valence-electron chi connectivity index (χ1n) is 10.9. The van der Waals surface area contributed by atoms with Crippen molar-refractivity contribution in [3.05, 3.63) is 118 Å². The van der Waals surface area contributed by atoms with Crippen LogP contribution in [-0.2, 0) is 28.3 Å². The number of fused-ring (bicyclic) bond motifs is 6. The average molecular weight is 452 g/mol. The minimum Gasteiger partial charge on any atom is -0.508 e. The minimum absolute atomic E-state index is 0.0186. The monoisotopic (exact) mass is 452 g/mol. The van der Waals surface area contributed by atoms with Gasteiger partial charge in [-0.05, 0) is 35.4 Å². The molecule has 34 heavy (non-hydrogen) atoms. The molecule has 0 aromatic heterocycles. The normalized spacial score (nSPS) is 14.6. The second-order valence-corrected chi connectivity index (χ2v) is 8.35. The number of carbonyl (C=O) groups excluding carboxylic acids is 1.